The molecule has 3 aromatic carbocycles. The first-order chi connectivity index (χ1) is 16.4. The molecule has 6 heteroatoms. The van der Waals surface area contributed by atoms with Crippen LogP contribution in [0, 0.1) is 12.7 Å². The molecule has 1 N–H and O–H groups in total. The van der Waals surface area contributed by atoms with Gasteiger partial charge in [-0.1, -0.05) is 31.2 Å². The maximum absolute atomic E-state index is 15.1. The third-order valence-corrected chi connectivity index (χ3v) is 5.66. The zero-order chi connectivity index (χ0) is 24.2. The number of carbonyl (C=O) groups excluding carboxylic acids is 1. The van der Waals surface area contributed by atoms with Crippen LogP contribution in [0.15, 0.2) is 59.0 Å². The van der Waals surface area contributed by atoms with Gasteiger partial charge in [0.05, 0.1) is 0 Å². The molecule has 0 radical (unpaired) electrons. The Labute approximate surface area is 198 Å². The maximum Gasteiger partial charge on any atom is 0.221 e. The van der Waals surface area contributed by atoms with Gasteiger partial charge in [-0.25, -0.2) is 4.39 Å². The van der Waals surface area contributed by atoms with Crippen LogP contribution in [0.4, 0.5) is 10.1 Å². The van der Waals surface area contributed by atoms with Crippen molar-refractivity contribution in [3.8, 4) is 16.9 Å². The van der Waals surface area contributed by atoms with Crippen LogP contribution in [-0.2, 0) is 29.2 Å². The lowest BCUT2D eigenvalue weighted by atomic mass is 9.98. The van der Waals surface area contributed by atoms with Crippen LogP contribution in [0.1, 0.15) is 36.3 Å². The zero-order valence-electron chi connectivity index (χ0n) is 19.8. The van der Waals surface area contributed by atoms with Crippen LogP contribution in [0.3, 0.4) is 0 Å². The summed E-state index contributed by atoms with van der Waals surface area (Å²) >= 11 is 0. The molecule has 1 amide bonds. The number of aryl methyl sites for hydroxylation is 2. The van der Waals surface area contributed by atoms with E-state index < -0.39 is 0 Å². The van der Waals surface area contributed by atoms with Crippen molar-refractivity contribution in [2.45, 2.75) is 40.4 Å². The van der Waals surface area contributed by atoms with Gasteiger partial charge in [-0.05, 0) is 54.3 Å². The molecule has 4 rings (SSSR count). The molecule has 0 aliphatic heterocycles. The molecule has 0 saturated carbocycles. The van der Waals surface area contributed by atoms with Crippen LogP contribution >= 0.6 is 0 Å². The Morgan fingerprint density at radius 2 is 1.88 bits per heavy atom. The summed E-state index contributed by atoms with van der Waals surface area (Å²) in [6.07, 6.45) is 0.788. The monoisotopic (exact) mass is 461 g/mol. The average Bonchev–Trinajstić information content (AvgIpc) is 3.21. The van der Waals surface area contributed by atoms with Gasteiger partial charge in [0.25, 0.3) is 0 Å². The van der Waals surface area contributed by atoms with Gasteiger partial charge in [0.1, 0.15) is 36.1 Å². The molecular weight excluding hydrogens is 433 g/mol. The molecule has 176 valence electrons. The Hall–Kier alpha value is -3.64. The van der Waals surface area contributed by atoms with Crippen LogP contribution in [-0.4, -0.2) is 13.0 Å². The summed E-state index contributed by atoms with van der Waals surface area (Å²) in [6.45, 7) is 5.87. The van der Waals surface area contributed by atoms with Crippen molar-refractivity contribution in [1.82, 2.24) is 0 Å². The lowest BCUT2D eigenvalue weighted by molar-refractivity contribution is -0.114. The van der Waals surface area contributed by atoms with Crippen molar-refractivity contribution in [2.24, 2.45) is 0 Å². The number of fused-ring (bicyclic) bond motifs is 1. The van der Waals surface area contributed by atoms with Gasteiger partial charge < -0.3 is 19.2 Å². The highest BCUT2D eigenvalue weighted by Crippen LogP contribution is 2.35. The average molecular weight is 462 g/mol. The third-order valence-electron chi connectivity index (χ3n) is 5.66. The van der Waals surface area contributed by atoms with Crippen LogP contribution < -0.4 is 10.1 Å². The molecule has 1 aromatic heterocycles. The lowest BCUT2D eigenvalue weighted by Gasteiger charge is -2.14. The first kappa shape index (κ1) is 23.5. The molecule has 0 unspecified atom stereocenters. The van der Waals surface area contributed by atoms with Crippen molar-refractivity contribution in [1.29, 1.82) is 0 Å². The van der Waals surface area contributed by atoms with Gasteiger partial charge in [-0.15, -0.1) is 0 Å². The Balaban J connectivity index is 1.74. The molecule has 0 aliphatic carbocycles. The van der Waals surface area contributed by atoms with E-state index in [1.807, 2.05) is 49.4 Å². The summed E-state index contributed by atoms with van der Waals surface area (Å²) in [7, 11) is 1.61. The summed E-state index contributed by atoms with van der Waals surface area (Å²) in [5, 5.41) is 3.64. The second kappa shape index (κ2) is 10.1. The SMILES string of the molecule is CCc1ccc(NC(C)=O)cc1OCc1cc(-c2cccc(C)c2F)c2oc(COC)cc2c1. The highest BCUT2D eigenvalue weighted by atomic mass is 19.1. The first-order valence-corrected chi connectivity index (χ1v) is 11.2. The molecule has 0 fully saturated rings. The van der Waals surface area contributed by atoms with Crippen molar-refractivity contribution in [2.75, 3.05) is 12.4 Å². The lowest BCUT2D eigenvalue weighted by Crippen LogP contribution is -2.06. The second-order valence-corrected chi connectivity index (χ2v) is 8.29. The fourth-order valence-corrected chi connectivity index (χ4v) is 4.04. The van der Waals surface area contributed by atoms with Crippen LogP contribution in [0.2, 0.25) is 0 Å². The standard InChI is InChI=1S/C28H28FNO4/c1-5-20-9-10-22(30-18(3)31)14-26(20)33-15-19-11-21-13-23(16-32-4)34-28(21)25(12-19)24-8-6-7-17(2)27(24)29/h6-14H,5,15-16H2,1-4H3,(H,30,31). The number of rotatable bonds is 8. The predicted octanol–water partition coefficient (Wildman–Crippen LogP) is 6.79. The summed E-state index contributed by atoms with van der Waals surface area (Å²) in [5.74, 6) is 0.950. The highest BCUT2D eigenvalue weighted by molar-refractivity contribution is 5.94. The van der Waals surface area contributed by atoms with Gasteiger partial charge >= 0.3 is 0 Å². The summed E-state index contributed by atoms with van der Waals surface area (Å²) < 4.78 is 32.5. The minimum atomic E-state index is -0.275. The van der Waals surface area contributed by atoms with E-state index in [0.29, 0.717) is 46.1 Å². The van der Waals surface area contributed by atoms with E-state index in [1.165, 1.54) is 6.92 Å². The van der Waals surface area contributed by atoms with Crippen molar-refractivity contribution in [3.05, 3.63) is 82.9 Å². The minimum Gasteiger partial charge on any atom is -0.489 e. The van der Waals surface area contributed by atoms with E-state index in [4.69, 9.17) is 13.9 Å². The number of halogens is 1. The molecule has 0 bridgehead atoms. The third kappa shape index (κ3) is 4.97. The molecular formula is C28H28FNO4. The van der Waals surface area contributed by atoms with Crippen LogP contribution in [0.25, 0.3) is 22.1 Å². The smallest absolute Gasteiger partial charge is 0.221 e. The van der Waals surface area contributed by atoms with Gasteiger partial charge in [-0.3, -0.25) is 4.79 Å². The highest BCUT2D eigenvalue weighted by Gasteiger charge is 2.17. The van der Waals surface area contributed by atoms with Crippen molar-refractivity contribution in [3.63, 3.8) is 0 Å². The minimum absolute atomic E-state index is 0.141. The van der Waals surface area contributed by atoms with Crippen LogP contribution in [0.5, 0.6) is 5.75 Å². The Bertz CT molecular complexity index is 1340. The normalized spacial score (nSPS) is 11.1. The van der Waals surface area contributed by atoms with Gasteiger partial charge in [-0.2, -0.15) is 0 Å². The van der Waals surface area contributed by atoms with E-state index in [-0.39, 0.29) is 18.3 Å². The number of hydrogen-bond donors (Lipinski definition) is 1. The van der Waals surface area contributed by atoms with E-state index in [9.17, 15) is 4.79 Å². The van der Waals surface area contributed by atoms with E-state index in [1.54, 1.807) is 26.2 Å². The topological polar surface area (TPSA) is 60.7 Å². The van der Waals surface area contributed by atoms with Gasteiger partial charge in [0, 0.05) is 42.3 Å². The van der Waals surface area contributed by atoms with Gasteiger partial charge in [0.2, 0.25) is 5.91 Å². The number of amides is 1. The molecule has 34 heavy (non-hydrogen) atoms. The quantitative estimate of drug-likeness (QED) is 0.314. The van der Waals surface area contributed by atoms with E-state index >= 15 is 4.39 Å². The summed E-state index contributed by atoms with van der Waals surface area (Å²) in [5.41, 5.74) is 4.91. The molecule has 5 nitrogen and oxygen atoms in total. The Morgan fingerprint density at radius 3 is 2.62 bits per heavy atom. The molecule has 0 atom stereocenters. The molecule has 0 aliphatic rings. The summed E-state index contributed by atoms with van der Waals surface area (Å²) in [4.78, 5) is 11.5. The number of ether oxygens (including phenoxy) is 2. The Morgan fingerprint density at radius 1 is 1.06 bits per heavy atom. The second-order valence-electron chi connectivity index (χ2n) is 8.29. The fourth-order valence-electron chi connectivity index (χ4n) is 4.04. The number of nitrogens with one attached hydrogen (secondary N) is 1. The van der Waals surface area contributed by atoms with E-state index in [0.717, 1.165) is 22.9 Å². The molecule has 0 spiro atoms. The molecule has 4 aromatic rings. The number of methoxy groups -OCH3 is 1. The largest absolute Gasteiger partial charge is 0.489 e. The van der Waals surface area contributed by atoms with E-state index in [2.05, 4.69) is 5.32 Å². The van der Waals surface area contributed by atoms with Gasteiger partial charge in [0.15, 0.2) is 0 Å². The molecule has 1 heterocycles. The number of hydrogen-bond acceptors (Lipinski definition) is 4. The molecule has 0 saturated heterocycles. The van der Waals surface area contributed by atoms with Crippen molar-refractivity contribution >= 4 is 22.6 Å². The number of benzene rings is 3. The first-order valence-electron chi connectivity index (χ1n) is 11.2. The Kier molecular flexibility index (Phi) is 6.98. The summed E-state index contributed by atoms with van der Waals surface area (Å²) in [6, 6.07) is 16.8. The van der Waals surface area contributed by atoms with Crippen molar-refractivity contribution < 1.29 is 23.1 Å². The number of furan rings is 1. The maximum atomic E-state index is 15.1. The number of anilines is 1. The predicted molar refractivity (Wildman–Crippen MR) is 132 cm³/mol. The fraction of sp³-hybridized carbons (Fsp3) is 0.250. The number of carbonyl (C=O) groups is 1. The zero-order valence-corrected chi connectivity index (χ0v) is 19.8.